The first kappa shape index (κ1) is 15.0. The second-order valence-electron chi connectivity index (χ2n) is 4.25. The molecule has 3 N–H and O–H groups in total. The Labute approximate surface area is 127 Å². The van der Waals surface area contributed by atoms with Crippen molar-refractivity contribution in [2.75, 3.05) is 25.3 Å². The molecule has 0 bridgehead atoms. The Kier molecular flexibility index (Phi) is 4.55. The van der Waals surface area contributed by atoms with Gasteiger partial charge in [0.15, 0.2) is 0 Å². The number of ether oxygens (including phenoxy) is 2. The van der Waals surface area contributed by atoms with Gasteiger partial charge in [-0.1, -0.05) is 11.6 Å². The van der Waals surface area contributed by atoms with Crippen LogP contribution in [-0.2, 0) is 0 Å². The molecule has 0 saturated heterocycles. The first-order chi connectivity index (χ1) is 10.0. The molecule has 0 aromatic heterocycles. The predicted molar refractivity (Wildman–Crippen MR) is 83.4 cm³/mol. The van der Waals surface area contributed by atoms with E-state index in [9.17, 15) is 4.79 Å². The summed E-state index contributed by atoms with van der Waals surface area (Å²) in [5.74, 6) is 0.790. The van der Waals surface area contributed by atoms with Gasteiger partial charge >= 0.3 is 0 Å². The molecule has 110 valence electrons. The molecule has 0 saturated carbocycles. The Balaban J connectivity index is 2.27. The molecular formula is C15H15ClN2O3. The van der Waals surface area contributed by atoms with Crippen molar-refractivity contribution in [1.29, 1.82) is 0 Å². The molecule has 0 fully saturated rings. The van der Waals surface area contributed by atoms with Crippen LogP contribution in [0, 0.1) is 0 Å². The summed E-state index contributed by atoms with van der Waals surface area (Å²) in [7, 11) is 3.07. The minimum Gasteiger partial charge on any atom is -0.497 e. The molecule has 1 amide bonds. The molecule has 0 atom stereocenters. The molecule has 5 nitrogen and oxygen atoms in total. The van der Waals surface area contributed by atoms with E-state index in [0.717, 1.165) is 0 Å². The summed E-state index contributed by atoms with van der Waals surface area (Å²) in [5.41, 5.74) is 6.98. The third-order valence-corrected chi connectivity index (χ3v) is 3.15. The number of methoxy groups -OCH3 is 2. The van der Waals surface area contributed by atoms with E-state index in [-0.39, 0.29) is 5.91 Å². The molecule has 0 spiro atoms. The molecule has 6 heteroatoms. The molecule has 21 heavy (non-hydrogen) atoms. The van der Waals surface area contributed by atoms with Gasteiger partial charge in [-0.3, -0.25) is 4.79 Å². The summed E-state index contributed by atoms with van der Waals surface area (Å²) in [6.45, 7) is 0. The van der Waals surface area contributed by atoms with Crippen LogP contribution in [0.1, 0.15) is 10.4 Å². The van der Waals surface area contributed by atoms with E-state index in [0.29, 0.717) is 33.5 Å². The lowest BCUT2D eigenvalue weighted by molar-refractivity contribution is 0.102. The molecule has 0 radical (unpaired) electrons. The molecule has 2 rings (SSSR count). The lowest BCUT2D eigenvalue weighted by Crippen LogP contribution is -2.14. The SMILES string of the molecule is COc1ccc(NC(=O)c2ccc(Cl)cc2N)c(OC)c1. The molecule has 0 aliphatic heterocycles. The van der Waals surface area contributed by atoms with Gasteiger partial charge in [0.25, 0.3) is 5.91 Å². The number of anilines is 2. The molecule has 0 aliphatic rings. The van der Waals surface area contributed by atoms with E-state index >= 15 is 0 Å². The van der Waals surface area contributed by atoms with E-state index in [1.54, 1.807) is 37.4 Å². The number of rotatable bonds is 4. The average Bonchev–Trinajstić information content (AvgIpc) is 2.47. The lowest BCUT2D eigenvalue weighted by atomic mass is 10.1. The highest BCUT2D eigenvalue weighted by Crippen LogP contribution is 2.30. The summed E-state index contributed by atoms with van der Waals surface area (Å²) in [6, 6.07) is 9.81. The Morgan fingerprint density at radius 1 is 1.14 bits per heavy atom. The van der Waals surface area contributed by atoms with Crippen LogP contribution in [0.25, 0.3) is 0 Å². The van der Waals surface area contributed by atoms with Crippen molar-refractivity contribution in [3.63, 3.8) is 0 Å². The Morgan fingerprint density at radius 3 is 2.52 bits per heavy atom. The average molecular weight is 307 g/mol. The van der Waals surface area contributed by atoms with Gasteiger partial charge in [0.2, 0.25) is 0 Å². The van der Waals surface area contributed by atoms with E-state index < -0.39 is 0 Å². The largest absolute Gasteiger partial charge is 0.497 e. The fraction of sp³-hybridized carbons (Fsp3) is 0.133. The van der Waals surface area contributed by atoms with Crippen LogP contribution >= 0.6 is 11.6 Å². The van der Waals surface area contributed by atoms with Crippen LogP contribution in [0.15, 0.2) is 36.4 Å². The van der Waals surface area contributed by atoms with Gasteiger partial charge in [0.05, 0.1) is 25.5 Å². The van der Waals surface area contributed by atoms with Crippen molar-refractivity contribution in [3.8, 4) is 11.5 Å². The highest BCUT2D eigenvalue weighted by Gasteiger charge is 2.13. The number of carbonyl (C=O) groups is 1. The number of hydrogen-bond acceptors (Lipinski definition) is 4. The quantitative estimate of drug-likeness (QED) is 0.851. The van der Waals surface area contributed by atoms with Crippen molar-refractivity contribution in [1.82, 2.24) is 0 Å². The summed E-state index contributed by atoms with van der Waals surface area (Å²) in [5, 5.41) is 3.22. The van der Waals surface area contributed by atoms with Crippen molar-refractivity contribution < 1.29 is 14.3 Å². The number of amides is 1. The third-order valence-electron chi connectivity index (χ3n) is 2.92. The summed E-state index contributed by atoms with van der Waals surface area (Å²) >= 11 is 5.82. The van der Waals surface area contributed by atoms with Gasteiger partial charge in [-0.25, -0.2) is 0 Å². The van der Waals surface area contributed by atoms with Gasteiger partial charge in [0, 0.05) is 16.8 Å². The molecule has 0 aliphatic carbocycles. The van der Waals surface area contributed by atoms with Crippen molar-refractivity contribution in [2.45, 2.75) is 0 Å². The predicted octanol–water partition coefficient (Wildman–Crippen LogP) is 3.19. The van der Waals surface area contributed by atoms with Crippen molar-refractivity contribution >= 4 is 28.9 Å². The number of nitrogen functional groups attached to an aromatic ring is 1. The van der Waals surface area contributed by atoms with Crippen LogP contribution in [0.2, 0.25) is 5.02 Å². The monoisotopic (exact) mass is 306 g/mol. The maximum atomic E-state index is 12.2. The highest BCUT2D eigenvalue weighted by molar-refractivity contribution is 6.31. The first-order valence-corrected chi connectivity index (χ1v) is 6.51. The Bertz CT molecular complexity index is 674. The van der Waals surface area contributed by atoms with Gasteiger partial charge < -0.3 is 20.5 Å². The Hall–Kier alpha value is -2.40. The fourth-order valence-corrected chi connectivity index (χ4v) is 2.01. The van der Waals surface area contributed by atoms with Crippen LogP contribution < -0.4 is 20.5 Å². The third kappa shape index (κ3) is 3.38. The minimum absolute atomic E-state index is 0.312. The highest BCUT2D eigenvalue weighted by atomic mass is 35.5. The van der Waals surface area contributed by atoms with Crippen molar-refractivity contribution in [3.05, 3.63) is 47.0 Å². The van der Waals surface area contributed by atoms with E-state index in [4.69, 9.17) is 26.8 Å². The minimum atomic E-state index is -0.340. The molecule has 2 aromatic rings. The van der Waals surface area contributed by atoms with E-state index in [1.807, 2.05) is 0 Å². The Morgan fingerprint density at radius 2 is 1.90 bits per heavy atom. The van der Waals surface area contributed by atoms with Crippen LogP contribution in [0.5, 0.6) is 11.5 Å². The van der Waals surface area contributed by atoms with Crippen LogP contribution in [-0.4, -0.2) is 20.1 Å². The number of nitrogens with two attached hydrogens (primary N) is 1. The zero-order valence-corrected chi connectivity index (χ0v) is 12.4. The number of halogens is 1. The van der Waals surface area contributed by atoms with Gasteiger partial charge in [-0.2, -0.15) is 0 Å². The van der Waals surface area contributed by atoms with E-state index in [2.05, 4.69) is 5.32 Å². The summed E-state index contributed by atoms with van der Waals surface area (Å²) in [4.78, 5) is 12.2. The number of nitrogens with one attached hydrogen (secondary N) is 1. The van der Waals surface area contributed by atoms with Gasteiger partial charge in [0.1, 0.15) is 11.5 Å². The van der Waals surface area contributed by atoms with E-state index in [1.165, 1.54) is 13.2 Å². The van der Waals surface area contributed by atoms with Crippen LogP contribution in [0.4, 0.5) is 11.4 Å². The first-order valence-electron chi connectivity index (χ1n) is 6.13. The smallest absolute Gasteiger partial charge is 0.257 e. The number of carbonyl (C=O) groups excluding carboxylic acids is 1. The number of hydrogen-bond donors (Lipinski definition) is 2. The standard InChI is InChI=1S/C15H15ClN2O3/c1-20-10-4-6-13(14(8-10)21-2)18-15(19)11-5-3-9(16)7-12(11)17/h3-8H,17H2,1-2H3,(H,18,19). The zero-order valence-electron chi connectivity index (χ0n) is 11.6. The maximum absolute atomic E-state index is 12.2. The lowest BCUT2D eigenvalue weighted by Gasteiger charge is -2.12. The topological polar surface area (TPSA) is 73.6 Å². The van der Waals surface area contributed by atoms with Crippen LogP contribution in [0.3, 0.4) is 0 Å². The number of benzene rings is 2. The normalized spacial score (nSPS) is 10.0. The van der Waals surface area contributed by atoms with Crippen molar-refractivity contribution in [2.24, 2.45) is 0 Å². The van der Waals surface area contributed by atoms with Gasteiger partial charge in [-0.05, 0) is 30.3 Å². The molecular weight excluding hydrogens is 292 g/mol. The van der Waals surface area contributed by atoms with Gasteiger partial charge in [-0.15, -0.1) is 0 Å². The molecule has 0 unspecified atom stereocenters. The molecule has 2 aromatic carbocycles. The second-order valence-corrected chi connectivity index (χ2v) is 4.69. The molecule has 0 heterocycles. The summed E-state index contributed by atoms with van der Waals surface area (Å²) in [6.07, 6.45) is 0. The maximum Gasteiger partial charge on any atom is 0.257 e. The zero-order chi connectivity index (χ0) is 15.4. The summed E-state index contributed by atoms with van der Waals surface area (Å²) < 4.78 is 10.3. The fourth-order valence-electron chi connectivity index (χ4n) is 1.83. The second kappa shape index (κ2) is 6.37.